The average Bonchev–Trinajstić information content (AvgIpc) is 3.34. The first kappa shape index (κ1) is 21.2. The van der Waals surface area contributed by atoms with E-state index < -0.39 is 23.5 Å². The van der Waals surface area contributed by atoms with Crippen molar-refractivity contribution < 1.29 is 19.1 Å². The van der Waals surface area contributed by atoms with Gasteiger partial charge in [0.1, 0.15) is 5.58 Å². The van der Waals surface area contributed by atoms with Crippen molar-refractivity contribution in [2.75, 3.05) is 4.90 Å². The molecular weight excluding hydrogens is 484 g/mol. The number of aromatic nitrogens is 1. The number of carbonyl (C=O) groups is 2. The largest absolute Gasteiger partial charge is 0.503 e. The monoisotopic (exact) mass is 502 g/mol. The molecule has 1 amide bonds. The molecule has 1 unspecified atom stereocenters. The van der Waals surface area contributed by atoms with E-state index in [-0.39, 0.29) is 11.3 Å². The van der Waals surface area contributed by atoms with Crippen LogP contribution < -0.4 is 4.90 Å². The van der Waals surface area contributed by atoms with Gasteiger partial charge in [-0.2, -0.15) is 0 Å². The summed E-state index contributed by atoms with van der Waals surface area (Å²) in [5.74, 6) is -1.70. The number of amides is 1. The molecule has 7 heteroatoms. The van der Waals surface area contributed by atoms with Crippen LogP contribution >= 0.6 is 15.9 Å². The molecule has 0 bridgehead atoms. The number of rotatable bonds is 4. The fourth-order valence-electron chi connectivity index (χ4n) is 4.20. The topological polar surface area (TPSA) is 83.6 Å². The van der Waals surface area contributed by atoms with Crippen molar-refractivity contribution in [2.45, 2.75) is 19.9 Å². The molecule has 0 saturated heterocycles. The van der Waals surface area contributed by atoms with Gasteiger partial charge >= 0.3 is 0 Å². The van der Waals surface area contributed by atoms with Gasteiger partial charge in [-0.3, -0.25) is 19.5 Å². The molecular formula is C26H19BrN2O4. The van der Waals surface area contributed by atoms with Crippen LogP contribution in [-0.4, -0.2) is 21.8 Å². The zero-order valence-electron chi connectivity index (χ0n) is 17.9. The molecule has 2 aromatic carbocycles. The number of benzene rings is 2. The molecule has 3 heterocycles. The van der Waals surface area contributed by atoms with Crippen molar-refractivity contribution in [1.82, 2.24) is 4.98 Å². The van der Waals surface area contributed by atoms with Gasteiger partial charge in [0.15, 0.2) is 11.5 Å². The first-order valence-electron chi connectivity index (χ1n) is 10.3. The number of carbonyl (C=O) groups excluding carboxylic acids is 2. The zero-order valence-corrected chi connectivity index (χ0v) is 19.5. The van der Waals surface area contributed by atoms with Gasteiger partial charge in [-0.15, -0.1) is 0 Å². The second kappa shape index (κ2) is 8.01. The fourth-order valence-corrected chi connectivity index (χ4v) is 4.58. The van der Waals surface area contributed by atoms with Crippen molar-refractivity contribution in [3.05, 3.63) is 105 Å². The minimum Gasteiger partial charge on any atom is -0.503 e. The van der Waals surface area contributed by atoms with Gasteiger partial charge in [0.05, 0.1) is 11.6 Å². The van der Waals surface area contributed by atoms with Crippen LogP contribution in [0, 0.1) is 13.8 Å². The smallest absolute Gasteiger partial charge is 0.294 e. The Labute approximate surface area is 198 Å². The summed E-state index contributed by atoms with van der Waals surface area (Å²) in [5, 5.41) is 11.7. The standard InChI is InChI=1S/C26H19BrN2O4/c1-14-4-3-5-19(15(14)2)29-23(16-8-10-28-11-9-16)22(25(31)26(29)32)24(30)21-13-17-12-18(27)6-7-20(17)33-21/h3-13,23,31H,1-2H3. The van der Waals surface area contributed by atoms with Crippen LogP contribution in [0.4, 0.5) is 5.69 Å². The van der Waals surface area contributed by atoms with E-state index in [2.05, 4.69) is 20.9 Å². The van der Waals surface area contributed by atoms with E-state index in [4.69, 9.17) is 4.42 Å². The predicted octanol–water partition coefficient (Wildman–Crippen LogP) is 5.99. The number of ketones is 1. The van der Waals surface area contributed by atoms with Crippen LogP contribution in [0.3, 0.4) is 0 Å². The molecule has 5 rings (SSSR count). The van der Waals surface area contributed by atoms with Crippen molar-refractivity contribution in [2.24, 2.45) is 0 Å². The maximum atomic E-state index is 13.7. The highest BCUT2D eigenvalue weighted by Crippen LogP contribution is 2.43. The highest BCUT2D eigenvalue weighted by atomic mass is 79.9. The highest BCUT2D eigenvalue weighted by Gasteiger charge is 2.45. The van der Waals surface area contributed by atoms with Crippen LogP contribution in [-0.2, 0) is 4.79 Å². The Kier molecular flexibility index (Phi) is 5.13. The lowest BCUT2D eigenvalue weighted by Crippen LogP contribution is -2.31. The number of hydrogen-bond donors (Lipinski definition) is 1. The molecule has 4 aromatic rings. The summed E-state index contributed by atoms with van der Waals surface area (Å²) >= 11 is 3.42. The number of Topliss-reactive ketones (excluding diaryl/α,β-unsaturated/α-hetero) is 1. The number of halogens is 1. The third-order valence-electron chi connectivity index (χ3n) is 6.01. The Morgan fingerprint density at radius 1 is 1.09 bits per heavy atom. The van der Waals surface area contributed by atoms with Crippen molar-refractivity contribution in [3.63, 3.8) is 0 Å². The van der Waals surface area contributed by atoms with E-state index >= 15 is 0 Å². The Morgan fingerprint density at radius 3 is 2.61 bits per heavy atom. The first-order chi connectivity index (χ1) is 15.9. The Hall–Kier alpha value is -3.71. The van der Waals surface area contributed by atoms with E-state index in [9.17, 15) is 14.7 Å². The van der Waals surface area contributed by atoms with E-state index in [1.807, 2.05) is 44.2 Å². The molecule has 164 valence electrons. The predicted molar refractivity (Wildman–Crippen MR) is 128 cm³/mol. The lowest BCUT2D eigenvalue weighted by Gasteiger charge is -2.28. The lowest BCUT2D eigenvalue weighted by atomic mass is 9.95. The normalized spacial score (nSPS) is 16.2. The van der Waals surface area contributed by atoms with E-state index in [0.29, 0.717) is 16.8 Å². The van der Waals surface area contributed by atoms with Gasteiger partial charge in [-0.05, 0) is 73.0 Å². The summed E-state index contributed by atoms with van der Waals surface area (Å²) in [6.07, 6.45) is 3.19. The van der Waals surface area contributed by atoms with E-state index in [0.717, 1.165) is 21.0 Å². The minimum absolute atomic E-state index is 0.0229. The number of aliphatic hydroxyl groups excluding tert-OH is 1. The molecule has 0 fully saturated rings. The second-order valence-corrected chi connectivity index (χ2v) is 8.88. The second-order valence-electron chi connectivity index (χ2n) is 7.96. The molecule has 0 spiro atoms. The fraction of sp³-hybridized carbons (Fsp3) is 0.115. The van der Waals surface area contributed by atoms with Crippen molar-refractivity contribution in [3.8, 4) is 0 Å². The van der Waals surface area contributed by atoms with Gasteiger partial charge in [-0.1, -0.05) is 28.1 Å². The molecule has 33 heavy (non-hydrogen) atoms. The number of nitrogens with zero attached hydrogens (tertiary/aromatic N) is 2. The van der Waals surface area contributed by atoms with Crippen LogP contribution in [0.1, 0.15) is 33.3 Å². The molecule has 6 nitrogen and oxygen atoms in total. The number of aryl methyl sites for hydroxylation is 1. The number of hydrogen-bond acceptors (Lipinski definition) is 5. The molecule has 0 saturated carbocycles. The summed E-state index contributed by atoms with van der Waals surface area (Å²) in [7, 11) is 0. The van der Waals surface area contributed by atoms with Crippen LogP contribution in [0.5, 0.6) is 0 Å². The molecule has 1 N–H and O–H groups in total. The minimum atomic E-state index is -0.826. The maximum absolute atomic E-state index is 13.7. The van der Waals surface area contributed by atoms with Gasteiger partial charge in [0, 0.05) is 27.9 Å². The van der Waals surface area contributed by atoms with Crippen molar-refractivity contribution >= 4 is 44.3 Å². The molecule has 1 atom stereocenters. The summed E-state index contributed by atoms with van der Waals surface area (Å²) in [4.78, 5) is 32.5. The van der Waals surface area contributed by atoms with Gasteiger partial charge in [0.25, 0.3) is 5.91 Å². The third kappa shape index (κ3) is 3.45. The van der Waals surface area contributed by atoms with Crippen LogP contribution in [0.25, 0.3) is 11.0 Å². The Balaban J connectivity index is 1.68. The summed E-state index contributed by atoms with van der Waals surface area (Å²) in [5.41, 5.74) is 3.69. The zero-order chi connectivity index (χ0) is 23.3. The van der Waals surface area contributed by atoms with Gasteiger partial charge in [0.2, 0.25) is 5.78 Å². The van der Waals surface area contributed by atoms with E-state index in [1.54, 1.807) is 36.7 Å². The summed E-state index contributed by atoms with van der Waals surface area (Å²) in [6, 6.07) is 15.3. The van der Waals surface area contributed by atoms with Gasteiger partial charge < -0.3 is 9.52 Å². The number of pyridine rings is 1. The molecule has 2 aromatic heterocycles. The number of anilines is 1. The van der Waals surface area contributed by atoms with Crippen molar-refractivity contribution in [1.29, 1.82) is 0 Å². The number of aliphatic hydroxyl groups is 1. The highest BCUT2D eigenvalue weighted by molar-refractivity contribution is 9.10. The molecule has 0 aliphatic carbocycles. The third-order valence-corrected chi connectivity index (χ3v) is 6.51. The number of furan rings is 1. The molecule has 0 radical (unpaired) electrons. The number of fused-ring (bicyclic) bond motifs is 1. The first-order valence-corrected chi connectivity index (χ1v) is 11.1. The van der Waals surface area contributed by atoms with Gasteiger partial charge in [-0.25, -0.2) is 0 Å². The SMILES string of the molecule is Cc1cccc(N2C(=O)C(O)=C(C(=O)c3cc4cc(Br)ccc4o3)C2c2ccncc2)c1C. The molecule has 1 aliphatic rings. The molecule has 1 aliphatic heterocycles. The average molecular weight is 503 g/mol. The van der Waals surface area contributed by atoms with Crippen LogP contribution in [0.15, 0.2) is 87.2 Å². The maximum Gasteiger partial charge on any atom is 0.294 e. The lowest BCUT2D eigenvalue weighted by molar-refractivity contribution is -0.117. The quantitative estimate of drug-likeness (QED) is 0.346. The summed E-state index contributed by atoms with van der Waals surface area (Å²) in [6.45, 7) is 3.86. The summed E-state index contributed by atoms with van der Waals surface area (Å²) < 4.78 is 6.64. The van der Waals surface area contributed by atoms with Crippen LogP contribution in [0.2, 0.25) is 0 Å². The Morgan fingerprint density at radius 2 is 1.85 bits per heavy atom. The van der Waals surface area contributed by atoms with E-state index in [1.165, 1.54) is 4.90 Å². The Bertz CT molecular complexity index is 1460.